The number of aromatic nitrogens is 1. The molecule has 2 heterocycles. The summed E-state index contributed by atoms with van der Waals surface area (Å²) in [6.07, 6.45) is 4.97. The van der Waals surface area contributed by atoms with Crippen molar-refractivity contribution in [3.63, 3.8) is 0 Å². The molecule has 7 nitrogen and oxygen atoms in total. The van der Waals surface area contributed by atoms with Gasteiger partial charge in [0.2, 0.25) is 0 Å². The first-order chi connectivity index (χ1) is 9.90. The van der Waals surface area contributed by atoms with Crippen LogP contribution in [0.4, 0.5) is 0 Å². The molecule has 0 radical (unpaired) electrons. The number of nitrogens with zero attached hydrogens (tertiary/aromatic N) is 2. The molecular weight excluding hydrogens is 296 g/mol. The van der Waals surface area contributed by atoms with Gasteiger partial charge in [0, 0.05) is 18.8 Å². The van der Waals surface area contributed by atoms with E-state index in [-0.39, 0.29) is 29.5 Å². The number of carbonyl (C=O) groups excluding carboxylic acids is 1. The maximum Gasteiger partial charge on any atom is 0.394 e. The summed E-state index contributed by atoms with van der Waals surface area (Å²) in [4.78, 5) is 18.0. The Kier molecular flexibility index (Phi) is 4.87. The number of oxazole rings is 1. The van der Waals surface area contributed by atoms with Gasteiger partial charge < -0.3 is 14.1 Å². The minimum absolute atomic E-state index is 0.0189. The molecule has 21 heavy (non-hydrogen) atoms. The van der Waals surface area contributed by atoms with Gasteiger partial charge in [0.05, 0.1) is 12.4 Å². The topological polar surface area (TPSA) is 89.7 Å². The van der Waals surface area contributed by atoms with Gasteiger partial charge in [-0.1, -0.05) is 0 Å². The zero-order valence-electron chi connectivity index (χ0n) is 12.2. The van der Waals surface area contributed by atoms with E-state index in [1.165, 1.54) is 12.5 Å². The van der Waals surface area contributed by atoms with Crippen LogP contribution in [0.25, 0.3) is 0 Å². The van der Waals surface area contributed by atoms with E-state index in [1.807, 2.05) is 0 Å². The molecule has 8 heteroatoms. The molecule has 1 aromatic heterocycles. The SMILES string of the molecule is CCOc1nc(C(=O)N2CCCCC2CS(C)(=O)=O)co1. The molecule has 2 rings (SSSR count). The summed E-state index contributed by atoms with van der Waals surface area (Å²) in [5.74, 6) is -0.326. The Morgan fingerprint density at radius 1 is 1.52 bits per heavy atom. The van der Waals surface area contributed by atoms with Gasteiger partial charge in [-0.3, -0.25) is 4.79 Å². The smallest absolute Gasteiger partial charge is 0.394 e. The highest BCUT2D eigenvalue weighted by Crippen LogP contribution is 2.21. The number of hydrogen-bond donors (Lipinski definition) is 0. The molecule has 0 N–H and O–H groups in total. The molecular formula is C13H20N2O5S. The third kappa shape index (κ3) is 4.20. The fourth-order valence-electron chi connectivity index (χ4n) is 2.48. The second kappa shape index (κ2) is 6.46. The molecule has 1 fully saturated rings. The Morgan fingerprint density at radius 3 is 2.95 bits per heavy atom. The van der Waals surface area contributed by atoms with E-state index >= 15 is 0 Å². The summed E-state index contributed by atoms with van der Waals surface area (Å²) in [5, 5.41) is 0. The first-order valence-electron chi connectivity index (χ1n) is 6.97. The van der Waals surface area contributed by atoms with Crippen molar-refractivity contribution >= 4 is 15.7 Å². The Balaban J connectivity index is 2.13. The van der Waals surface area contributed by atoms with Crippen LogP contribution in [-0.4, -0.2) is 55.4 Å². The number of amides is 1. The highest BCUT2D eigenvalue weighted by molar-refractivity contribution is 7.90. The lowest BCUT2D eigenvalue weighted by atomic mass is 10.0. The number of likely N-dealkylation sites (tertiary alicyclic amines) is 1. The lowest BCUT2D eigenvalue weighted by Crippen LogP contribution is -2.47. The van der Waals surface area contributed by atoms with Crippen LogP contribution in [0.1, 0.15) is 36.7 Å². The Bertz CT molecular complexity index is 595. The monoisotopic (exact) mass is 316 g/mol. The molecule has 1 aliphatic rings. The molecule has 118 valence electrons. The van der Waals surface area contributed by atoms with Crippen LogP contribution in [0.2, 0.25) is 0 Å². The standard InChI is InChI=1S/C13H20N2O5S/c1-3-19-13-14-11(8-20-13)12(16)15-7-5-4-6-10(15)9-21(2,17)18/h8,10H,3-7,9H2,1-2H3. The van der Waals surface area contributed by atoms with Crippen LogP contribution in [-0.2, 0) is 9.84 Å². The van der Waals surface area contributed by atoms with Crippen molar-refractivity contribution in [1.82, 2.24) is 9.88 Å². The van der Waals surface area contributed by atoms with Gasteiger partial charge in [0.15, 0.2) is 5.69 Å². The quantitative estimate of drug-likeness (QED) is 0.808. The van der Waals surface area contributed by atoms with Crippen molar-refractivity contribution in [2.45, 2.75) is 32.2 Å². The summed E-state index contributed by atoms with van der Waals surface area (Å²) >= 11 is 0. The third-order valence-electron chi connectivity index (χ3n) is 3.35. The molecule has 1 aromatic rings. The Hall–Kier alpha value is -1.57. The van der Waals surface area contributed by atoms with Crippen LogP contribution in [0, 0.1) is 0 Å². The molecule has 1 atom stereocenters. The van der Waals surface area contributed by atoms with E-state index in [2.05, 4.69) is 4.98 Å². The number of rotatable bonds is 5. The lowest BCUT2D eigenvalue weighted by Gasteiger charge is -2.34. The van der Waals surface area contributed by atoms with Gasteiger partial charge >= 0.3 is 6.08 Å². The summed E-state index contributed by atoms with van der Waals surface area (Å²) < 4.78 is 33.1. The summed E-state index contributed by atoms with van der Waals surface area (Å²) in [5.41, 5.74) is 0.152. The van der Waals surface area contributed by atoms with Crippen molar-refractivity contribution < 1.29 is 22.4 Å². The molecule has 0 spiro atoms. The number of piperidine rings is 1. The highest BCUT2D eigenvalue weighted by atomic mass is 32.2. The molecule has 1 aliphatic heterocycles. The van der Waals surface area contributed by atoms with Crippen molar-refractivity contribution in [2.75, 3.05) is 25.2 Å². The third-order valence-corrected chi connectivity index (χ3v) is 4.34. The average molecular weight is 316 g/mol. The number of ether oxygens (including phenoxy) is 1. The summed E-state index contributed by atoms with van der Waals surface area (Å²) in [7, 11) is -3.14. The molecule has 1 unspecified atom stereocenters. The van der Waals surface area contributed by atoms with Crippen LogP contribution >= 0.6 is 0 Å². The molecule has 1 amide bonds. The minimum Gasteiger partial charge on any atom is -0.450 e. The zero-order chi connectivity index (χ0) is 15.5. The van der Waals surface area contributed by atoms with E-state index in [1.54, 1.807) is 11.8 Å². The molecule has 0 aliphatic carbocycles. The van der Waals surface area contributed by atoms with E-state index in [4.69, 9.17) is 9.15 Å². The summed E-state index contributed by atoms with van der Waals surface area (Å²) in [6.45, 7) is 2.73. The van der Waals surface area contributed by atoms with Gasteiger partial charge in [-0.05, 0) is 26.2 Å². The van der Waals surface area contributed by atoms with Crippen molar-refractivity contribution in [3.8, 4) is 6.08 Å². The van der Waals surface area contributed by atoms with E-state index in [0.29, 0.717) is 19.6 Å². The van der Waals surface area contributed by atoms with Gasteiger partial charge in [-0.15, -0.1) is 0 Å². The molecule has 1 saturated heterocycles. The van der Waals surface area contributed by atoms with E-state index in [9.17, 15) is 13.2 Å². The maximum absolute atomic E-state index is 12.5. The fraction of sp³-hybridized carbons (Fsp3) is 0.692. The van der Waals surface area contributed by atoms with E-state index in [0.717, 1.165) is 12.8 Å². The minimum atomic E-state index is -3.14. The van der Waals surface area contributed by atoms with Gasteiger partial charge in [-0.25, -0.2) is 8.42 Å². The Morgan fingerprint density at radius 2 is 2.29 bits per heavy atom. The largest absolute Gasteiger partial charge is 0.450 e. The van der Waals surface area contributed by atoms with E-state index < -0.39 is 9.84 Å². The normalized spacial score (nSPS) is 19.5. The number of carbonyl (C=O) groups is 1. The zero-order valence-corrected chi connectivity index (χ0v) is 13.1. The predicted octanol–water partition coefficient (Wildman–Crippen LogP) is 1.11. The van der Waals surface area contributed by atoms with Crippen molar-refractivity contribution in [3.05, 3.63) is 12.0 Å². The summed E-state index contributed by atoms with van der Waals surface area (Å²) in [6, 6.07) is -0.298. The predicted molar refractivity (Wildman–Crippen MR) is 76.1 cm³/mol. The van der Waals surface area contributed by atoms with Crippen molar-refractivity contribution in [1.29, 1.82) is 0 Å². The van der Waals surface area contributed by atoms with Crippen LogP contribution < -0.4 is 4.74 Å². The fourth-order valence-corrected chi connectivity index (χ4v) is 3.53. The molecule has 0 saturated carbocycles. The molecule has 0 bridgehead atoms. The van der Waals surface area contributed by atoms with Gasteiger partial charge in [0.25, 0.3) is 5.91 Å². The average Bonchev–Trinajstić information content (AvgIpc) is 2.86. The maximum atomic E-state index is 12.5. The lowest BCUT2D eigenvalue weighted by molar-refractivity contribution is 0.0633. The van der Waals surface area contributed by atoms with Crippen LogP contribution in [0.15, 0.2) is 10.7 Å². The first-order valence-corrected chi connectivity index (χ1v) is 9.04. The van der Waals surface area contributed by atoms with Gasteiger partial charge in [-0.2, -0.15) is 4.98 Å². The van der Waals surface area contributed by atoms with Crippen molar-refractivity contribution in [2.24, 2.45) is 0 Å². The highest BCUT2D eigenvalue weighted by Gasteiger charge is 2.31. The first kappa shape index (κ1) is 15.8. The number of sulfone groups is 1. The number of hydrogen-bond acceptors (Lipinski definition) is 6. The van der Waals surface area contributed by atoms with Crippen LogP contribution in [0.3, 0.4) is 0 Å². The second-order valence-corrected chi connectivity index (χ2v) is 7.36. The molecule has 0 aromatic carbocycles. The van der Waals surface area contributed by atoms with Gasteiger partial charge in [0.1, 0.15) is 16.1 Å². The van der Waals surface area contributed by atoms with Crippen LogP contribution in [0.5, 0.6) is 6.08 Å². The Labute approximate surface area is 124 Å². The second-order valence-electron chi connectivity index (χ2n) is 5.17.